The third-order valence-corrected chi connectivity index (χ3v) is 25.8. The van der Waals surface area contributed by atoms with Crippen molar-refractivity contribution in [3.8, 4) is 0 Å². The van der Waals surface area contributed by atoms with Crippen LogP contribution < -0.4 is 10.6 Å². The summed E-state index contributed by atoms with van der Waals surface area (Å²) < 4.78 is 11.3. The average Bonchev–Trinajstić information content (AvgIpc) is 0.863. The zero-order valence-corrected chi connectivity index (χ0v) is 95.3. The minimum atomic E-state index is 0.256. The maximum atomic E-state index is 5.71. The molecule has 2 N–H and O–H groups in total. The monoisotopic (exact) mass is 1690 g/mol. The second-order valence-corrected chi connectivity index (χ2v) is 58.4. The summed E-state index contributed by atoms with van der Waals surface area (Å²) in [6.45, 7) is 141. The molecule has 0 aliphatic rings. The van der Waals surface area contributed by atoms with Crippen LogP contribution >= 0.6 is 0 Å². The van der Waals surface area contributed by atoms with E-state index in [2.05, 4.69) is 448 Å². The Labute approximate surface area is 761 Å². The van der Waals surface area contributed by atoms with Crippen LogP contribution in [-0.4, -0.2) is 74.6 Å². The topological polar surface area (TPSA) is 45.8 Å². The molecule has 0 heterocycles. The van der Waals surface area contributed by atoms with Crippen molar-refractivity contribution < 1.29 is 9.47 Å². The molecular formula is C114H243N3O2. The van der Waals surface area contributed by atoms with Gasteiger partial charge < -0.3 is 25.0 Å². The lowest BCUT2D eigenvalue weighted by molar-refractivity contribution is 0.0507. The predicted molar refractivity (Wildman–Crippen MR) is 556 cm³/mol. The molecule has 0 aliphatic carbocycles. The van der Waals surface area contributed by atoms with E-state index in [1.807, 2.05) is 0 Å². The van der Waals surface area contributed by atoms with Crippen molar-refractivity contribution in [2.24, 2.45) is 97.5 Å². The fraction of sp³-hybridized carbons (Fsp3) is 0.965. The van der Waals surface area contributed by atoms with Gasteiger partial charge in [-0.2, -0.15) is 0 Å². The fourth-order valence-corrected chi connectivity index (χ4v) is 10.9. The molecular weight excluding hydrogens is 1440 g/mol. The summed E-state index contributed by atoms with van der Waals surface area (Å²) in [5.41, 5.74) is 8.37. The second kappa shape index (κ2) is 57.4. The highest BCUT2D eigenvalue weighted by atomic mass is 16.5. The van der Waals surface area contributed by atoms with E-state index in [-0.39, 0.29) is 11.1 Å². The third-order valence-electron chi connectivity index (χ3n) is 25.8. The van der Waals surface area contributed by atoms with Crippen LogP contribution in [0.4, 0.5) is 0 Å². The predicted octanol–water partition coefficient (Wildman–Crippen LogP) is 38.2. The minimum absolute atomic E-state index is 0.256. The van der Waals surface area contributed by atoms with E-state index in [1.165, 1.54) is 154 Å². The highest BCUT2D eigenvalue weighted by Crippen LogP contribution is 2.46. The van der Waals surface area contributed by atoms with Crippen LogP contribution in [0, 0.1) is 97.5 Å². The van der Waals surface area contributed by atoms with Crippen LogP contribution in [-0.2, 0) is 9.47 Å². The molecule has 0 saturated carbocycles. The molecule has 0 fully saturated rings. The van der Waals surface area contributed by atoms with Crippen molar-refractivity contribution in [2.45, 2.75) is 566 Å². The lowest BCUT2D eigenvalue weighted by Gasteiger charge is -2.39. The maximum absolute atomic E-state index is 5.71. The van der Waals surface area contributed by atoms with Crippen molar-refractivity contribution in [3.63, 3.8) is 0 Å². The number of nitrogens with one attached hydrogen (secondary N) is 2. The molecule has 0 spiro atoms. The van der Waals surface area contributed by atoms with Crippen molar-refractivity contribution >= 4 is 0 Å². The number of hydrogen-bond donors (Lipinski definition) is 2. The van der Waals surface area contributed by atoms with Crippen molar-refractivity contribution in [3.05, 3.63) is 24.3 Å². The van der Waals surface area contributed by atoms with Gasteiger partial charge in [-0.3, -0.25) is 0 Å². The molecule has 5 nitrogen and oxygen atoms in total. The summed E-state index contributed by atoms with van der Waals surface area (Å²) in [6.07, 6.45) is 39.0. The Morgan fingerprint density at radius 2 is 0.445 bits per heavy atom. The summed E-state index contributed by atoms with van der Waals surface area (Å²) in [5, 5.41) is 7.10. The van der Waals surface area contributed by atoms with E-state index < -0.39 is 0 Å². The first-order valence-corrected chi connectivity index (χ1v) is 49.5. The molecule has 726 valence electrons. The van der Waals surface area contributed by atoms with E-state index in [1.54, 1.807) is 0 Å². The summed E-state index contributed by atoms with van der Waals surface area (Å²) in [6, 6.07) is 0. The van der Waals surface area contributed by atoms with Crippen LogP contribution in [0.5, 0.6) is 0 Å². The Kier molecular flexibility index (Phi) is 64.5. The lowest BCUT2D eigenvalue weighted by Crippen LogP contribution is -2.38. The summed E-state index contributed by atoms with van der Waals surface area (Å²) in [4.78, 5) is 2.46. The van der Waals surface area contributed by atoms with Crippen molar-refractivity contribution in [1.82, 2.24) is 15.5 Å². The first-order chi connectivity index (χ1) is 51.8. The quantitative estimate of drug-likeness (QED) is 0.0497. The molecule has 119 heavy (non-hydrogen) atoms. The Morgan fingerprint density at radius 1 is 0.218 bits per heavy atom. The SMILES string of the molecule is CC(C)(C)C/C=C/CC(C)(C)C.CC(C)(C)C/C=C/CCC(C)(C)C.CC(C)(C)CCCCCC(C)(C)C(C)(C)C.CC(C)(C)CCCOCC(C)(C)C.CC(C)(C)COCCCC(C)(C)C(C)(C)C.CC(C)(C)NCCCC(C)(C)C(C)(C)C.CC(C)(C)NCCCCCC(C)(C)C(C)(C)C.CN(CCCCC(C)(C)C(C)(C)C)C(C)(C)C. The van der Waals surface area contributed by atoms with Crippen LogP contribution in [0.3, 0.4) is 0 Å². The molecule has 0 radical (unpaired) electrons. The summed E-state index contributed by atoms with van der Waals surface area (Å²) in [5.74, 6) is 0. The first-order valence-electron chi connectivity index (χ1n) is 49.5. The molecule has 0 aromatic carbocycles. The van der Waals surface area contributed by atoms with Crippen molar-refractivity contribution in [1.29, 1.82) is 0 Å². The van der Waals surface area contributed by atoms with Gasteiger partial charge in [0.15, 0.2) is 0 Å². The maximum Gasteiger partial charge on any atom is 0.0514 e. The van der Waals surface area contributed by atoms with Gasteiger partial charge in [0.1, 0.15) is 0 Å². The molecule has 0 aromatic heterocycles. The molecule has 0 aliphatic heterocycles. The standard InChI is InChI=1S/2C16H35N.C16H34.C15H32O.C14H31N.C13H26.C12H26O.C12H24/c1-14(2,3)16(7,8)12-10-11-13-17(9)15(4,5)6;1-14(2,3)16(7,8)12-10-9-11-13-17-15(4,5)6;1-14(2,3)12-10-9-11-13-16(7,8)15(4,5)6;1-13(2,3)12-16-11-9-10-15(7,8)14(4,5)6;1-12(2,3)14(7,8)10-9-11-15-13(4,5)6;1-12(2,3)10-8-7-9-11-13(4,5)6;1-11(2,3)8-7-9-13-10-12(4,5)6;1-11(2,3)9-7-8-10-12(4,5)6/h10-13H2,1-9H3;17H,9-13H2,1-8H3;9-13H2,1-8H3;9-12H2,1-8H3;15H,9-11H2,1-8H3;7-8H,9-11H2,1-6H3;7-10H2,1-6H3;7-8H,9-10H2,1-6H3/b;;;;;8-7+;;8-7+. The fourth-order valence-electron chi connectivity index (χ4n) is 10.9. The highest BCUT2D eigenvalue weighted by molar-refractivity contribution is 4.91. The minimum Gasteiger partial charge on any atom is -0.381 e. The van der Waals surface area contributed by atoms with Gasteiger partial charge in [0, 0.05) is 29.8 Å². The van der Waals surface area contributed by atoms with Gasteiger partial charge in [-0.1, -0.05) is 402 Å². The third kappa shape index (κ3) is 96.2. The smallest absolute Gasteiger partial charge is 0.0514 e. The molecule has 0 amide bonds. The number of ether oxygens (including phenoxy) is 2. The van der Waals surface area contributed by atoms with Gasteiger partial charge in [-0.25, -0.2) is 0 Å². The molecule has 0 bridgehead atoms. The molecule has 0 unspecified atom stereocenters. The van der Waals surface area contributed by atoms with Gasteiger partial charge in [0.2, 0.25) is 0 Å². The van der Waals surface area contributed by atoms with Crippen LogP contribution in [0.15, 0.2) is 24.3 Å². The highest BCUT2D eigenvalue weighted by Gasteiger charge is 2.36. The van der Waals surface area contributed by atoms with Gasteiger partial charge >= 0.3 is 0 Å². The van der Waals surface area contributed by atoms with E-state index >= 15 is 0 Å². The lowest BCUT2D eigenvalue weighted by atomic mass is 9.66. The van der Waals surface area contributed by atoms with Crippen LogP contribution in [0.2, 0.25) is 0 Å². The zero-order chi connectivity index (χ0) is 96.9. The van der Waals surface area contributed by atoms with Crippen LogP contribution in [0.25, 0.3) is 0 Å². The number of rotatable bonds is 34. The van der Waals surface area contributed by atoms with Gasteiger partial charge in [-0.05, 0) is 296 Å². The largest absolute Gasteiger partial charge is 0.381 e. The number of unbranched alkanes of at least 4 members (excludes halogenated alkanes) is 5. The van der Waals surface area contributed by atoms with Gasteiger partial charge in [0.25, 0.3) is 0 Å². The molecule has 0 saturated heterocycles. The number of hydrogen-bond acceptors (Lipinski definition) is 5. The van der Waals surface area contributed by atoms with E-state index in [0.717, 1.165) is 39.5 Å². The summed E-state index contributed by atoms with van der Waals surface area (Å²) >= 11 is 0. The van der Waals surface area contributed by atoms with E-state index in [9.17, 15) is 0 Å². The van der Waals surface area contributed by atoms with Crippen molar-refractivity contribution in [2.75, 3.05) is 53.1 Å². The molecule has 0 aromatic rings. The molecule has 5 heteroatoms. The van der Waals surface area contributed by atoms with Crippen LogP contribution in [0.1, 0.15) is 549 Å². The Hall–Kier alpha value is -0.720. The average molecular weight is 1690 g/mol. The normalized spacial score (nSPS) is 14.2. The Morgan fingerprint density at radius 3 is 0.697 bits per heavy atom. The number of allylic oxidation sites excluding steroid dienone is 4. The Bertz CT molecular complexity index is 2350. The zero-order valence-electron chi connectivity index (χ0n) is 95.3. The van der Waals surface area contributed by atoms with E-state index in [0.29, 0.717) is 103 Å². The second-order valence-electron chi connectivity index (χ2n) is 58.4. The Balaban J connectivity index is -0.000000198. The first kappa shape index (κ1) is 134. The van der Waals surface area contributed by atoms with Gasteiger partial charge in [-0.15, -0.1) is 0 Å². The van der Waals surface area contributed by atoms with Gasteiger partial charge in [0.05, 0.1) is 13.2 Å². The summed E-state index contributed by atoms with van der Waals surface area (Å²) in [7, 11) is 2.23. The number of nitrogens with zero attached hydrogens (tertiary/aromatic N) is 1. The van der Waals surface area contributed by atoms with E-state index in [4.69, 9.17) is 9.47 Å². The molecule has 0 atom stereocenters. The molecule has 0 rings (SSSR count).